The number of methoxy groups -OCH3 is 4. The zero-order valence-electron chi connectivity index (χ0n) is 12.2. The lowest BCUT2D eigenvalue weighted by atomic mass is 10.2. The van der Waals surface area contributed by atoms with E-state index >= 15 is 0 Å². The lowest BCUT2D eigenvalue weighted by molar-refractivity contribution is -0.106. The Bertz CT molecular complexity index is 298. The standard InChI is InChI=1S/C14H24O5/c1-15-13(16-2)9-7-11-5-6-12(19-11)8-10-14(17-3)18-4/h5-6,13-14H,7-10H2,1-4H3. The maximum Gasteiger partial charge on any atom is 0.157 e. The molecule has 5 nitrogen and oxygen atoms in total. The van der Waals surface area contributed by atoms with Gasteiger partial charge >= 0.3 is 0 Å². The predicted molar refractivity (Wildman–Crippen MR) is 71.0 cm³/mol. The van der Waals surface area contributed by atoms with E-state index in [-0.39, 0.29) is 12.6 Å². The SMILES string of the molecule is COC(CCc1ccc(CCC(OC)OC)o1)OC. The van der Waals surface area contributed by atoms with Gasteiger partial charge in [-0.15, -0.1) is 0 Å². The van der Waals surface area contributed by atoms with Crippen LogP contribution < -0.4 is 0 Å². The number of furan rings is 1. The van der Waals surface area contributed by atoms with Crippen molar-refractivity contribution in [2.45, 2.75) is 38.3 Å². The van der Waals surface area contributed by atoms with E-state index in [1.807, 2.05) is 12.1 Å². The van der Waals surface area contributed by atoms with Crippen LogP contribution in [-0.4, -0.2) is 41.0 Å². The van der Waals surface area contributed by atoms with Gasteiger partial charge in [-0.1, -0.05) is 0 Å². The van der Waals surface area contributed by atoms with Gasteiger partial charge in [-0.05, 0) is 12.1 Å². The van der Waals surface area contributed by atoms with Gasteiger partial charge in [0, 0.05) is 54.1 Å². The molecule has 0 aliphatic heterocycles. The van der Waals surface area contributed by atoms with Crippen LogP contribution in [0.3, 0.4) is 0 Å². The molecule has 0 N–H and O–H groups in total. The highest BCUT2D eigenvalue weighted by Crippen LogP contribution is 2.15. The van der Waals surface area contributed by atoms with Gasteiger partial charge in [0.15, 0.2) is 12.6 Å². The summed E-state index contributed by atoms with van der Waals surface area (Å²) in [4.78, 5) is 0. The first-order chi connectivity index (χ1) is 9.23. The van der Waals surface area contributed by atoms with Gasteiger partial charge in [-0.2, -0.15) is 0 Å². The summed E-state index contributed by atoms with van der Waals surface area (Å²) < 4.78 is 26.3. The number of hydrogen-bond acceptors (Lipinski definition) is 5. The second-order valence-corrected chi connectivity index (χ2v) is 4.25. The Labute approximate surface area is 114 Å². The highest BCUT2D eigenvalue weighted by molar-refractivity contribution is 5.07. The second kappa shape index (κ2) is 9.09. The molecule has 0 atom stereocenters. The van der Waals surface area contributed by atoms with Crippen LogP contribution in [0.5, 0.6) is 0 Å². The van der Waals surface area contributed by atoms with Crippen molar-refractivity contribution in [1.82, 2.24) is 0 Å². The largest absolute Gasteiger partial charge is 0.466 e. The molecular formula is C14H24O5. The van der Waals surface area contributed by atoms with Gasteiger partial charge < -0.3 is 23.4 Å². The minimum absolute atomic E-state index is 0.181. The van der Waals surface area contributed by atoms with Crippen LogP contribution in [0, 0.1) is 0 Å². The molecule has 0 aromatic carbocycles. The van der Waals surface area contributed by atoms with Gasteiger partial charge in [0.05, 0.1) is 0 Å². The van der Waals surface area contributed by atoms with Crippen molar-refractivity contribution < 1.29 is 23.4 Å². The molecule has 1 aromatic heterocycles. The van der Waals surface area contributed by atoms with Gasteiger partial charge in [-0.3, -0.25) is 0 Å². The van der Waals surface area contributed by atoms with Gasteiger partial charge in [0.2, 0.25) is 0 Å². The first-order valence-electron chi connectivity index (χ1n) is 6.42. The van der Waals surface area contributed by atoms with Gasteiger partial charge in [-0.25, -0.2) is 0 Å². The molecule has 0 spiro atoms. The Kier molecular flexibility index (Phi) is 7.74. The Morgan fingerprint density at radius 2 is 1.16 bits per heavy atom. The fourth-order valence-electron chi connectivity index (χ4n) is 1.88. The molecule has 0 fully saturated rings. The number of rotatable bonds is 10. The highest BCUT2D eigenvalue weighted by atomic mass is 16.7. The lowest BCUT2D eigenvalue weighted by Gasteiger charge is -2.12. The first-order valence-corrected chi connectivity index (χ1v) is 6.42. The van der Waals surface area contributed by atoms with Crippen LogP contribution in [0.25, 0.3) is 0 Å². The summed E-state index contributed by atoms with van der Waals surface area (Å²) in [5.41, 5.74) is 0. The average molecular weight is 272 g/mol. The van der Waals surface area contributed by atoms with E-state index in [0.29, 0.717) is 0 Å². The first kappa shape index (κ1) is 16.2. The van der Waals surface area contributed by atoms with Crippen molar-refractivity contribution in [1.29, 1.82) is 0 Å². The topological polar surface area (TPSA) is 50.1 Å². The summed E-state index contributed by atoms with van der Waals surface area (Å²) in [7, 11) is 6.55. The molecule has 0 aliphatic carbocycles. The van der Waals surface area contributed by atoms with E-state index < -0.39 is 0 Å². The van der Waals surface area contributed by atoms with Gasteiger partial charge in [0.25, 0.3) is 0 Å². The molecule has 1 aromatic rings. The molecule has 0 bridgehead atoms. The van der Waals surface area contributed by atoms with Crippen LogP contribution in [0.1, 0.15) is 24.4 Å². The molecule has 1 rings (SSSR count). The summed E-state index contributed by atoms with van der Waals surface area (Å²) in [5.74, 6) is 1.89. The maximum absolute atomic E-state index is 5.74. The fourth-order valence-corrected chi connectivity index (χ4v) is 1.88. The summed E-state index contributed by atoms with van der Waals surface area (Å²) >= 11 is 0. The molecular weight excluding hydrogens is 248 g/mol. The third kappa shape index (κ3) is 5.74. The zero-order chi connectivity index (χ0) is 14.1. The quantitative estimate of drug-likeness (QED) is 0.612. The third-order valence-electron chi connectivity index (χ3n) is 3.02. The summed E-state index contributed by atoms with van der Waals surface area (Å²) in [6, 6.07) is 3.98. The number of ether oxygens (including phenoxy) is 4. The van der Waals surface area contributed by atoms with Crippen LogP contribution in [0.2, 0.25) is 0 Å². The maximum atomic E-state index is 5.74. The van der Waals surface area contributed by atoms with Crippen LogP contribution in [0.4, 0.5) is 0 Å². The molecule has 0 amide bonds. The van der Waals surface area contributed by atoms with E-state index in [4.69, 9.17) is 23.4 Å². The molecule has 0 saturated carbocycles. The van der Waals surface area contributed by atoms with E-state index in [0.717, 1.165) is 37.2 Å². The minimum Gasteiger partial charge on any atom is -0.466 e. The molecule has 0 saturated heterocycles. The summed E-state index contributed by atoms with van der Waals surface area (Å²) in [6.45, 7) is 0. The third-order valence-corrected chi connectivity index (χ3v) is 3.02. The summed E-state index contributed by atoms with van der Waals surface area (Å²) in [5, 5.41) is 0. The Balaban J connectivity index is 2.35. The Morgan fingerprint density at radius 3 is 1.47 bits per heavy atom. The second-order valence-electron chi connectivity index (χ2n) is 4.25. The van der Waals surface area contributed by atoms with Gasteiger partial charge in [0.1, 0.15) is 11.5 Å². The molecule has 5 heteroatoms. The van der Waals surface area contributed by atoms with Crippen molar-refractivity contribution >= 4 is 0 Å². The number of hydrogen-bond donors (Lipinski definition) is 0. The minimum atomic E-state index is -0.181. The van der Waals surface area contributed by atoms with Crippen molar-refractivity contribution in [2.75, 3.05) is 28.4 Å². The zero-order valence-corrected chi connectivity index (χ0v) is 12.2. The van der Waals surface area contributed by atoms with Crippen LogP contribution in [0.15, 0.2) is 16.5 Å². The Hall–Kier alpha value is -0.880. The molecule has 19 heavy (non-hydrogen) atoms. The molecule has 0 aliphatic rings. The molecule has 1 heterocycles. The molecule has 110 valence electrons. The molecule has 0 radical (unpaired) electrons. The van der Waals surface area contributed by atoms with E-state index in [1.54, 1.807) is 28.4 Å². The normalized spacial score (nSPS) is 11.7. The van der Waals surface area contributed by atoms with Crippen molar-refractivity contribution in [3.05, 3.63) is 23.7 Å². The van der Waals surface area contributed by atoms with Crippen molar-refractivity contribution in [3.63, 3.8) is 0 Å². The summed E-state index contributed by atoms with van der Waals surface area (Å²) in [6.07, 6.45) is 2.78. The van der Waals surface area contributed by atoms with Crippen LogP contribution >= 0.6 is 0 Å². The van der Waals surface area contributed by atoms with E-state index in [9.17, 15) is 0 Å². The monoisotopic (exact) mass is 272 g/mol. The average Bonchev–Trinajstić information content (AvgIpc) is 2.89. The highest BCUT2D eigenvalue weighted by Gasteiger charge is 2.10. The fraction of sp³-hybridized carbons (Fsp3) is 0.714. The van der Waals surface area contributed by atoms with E-state index in [2.05, 4.69) is 0 Å². The van der Waals surface area contributed by atoms with Crippen molar-refractivity contribution in [3.8, 4) is 0 Å². The van der Waals surface area contributed by atoms with E-state index in [1.165, 1.54) is 0 Å². The predicted octanol–water partition coefficient (Wildman–Crippen LogP) is 2.38. The smallest absolute Gasteiger partial charge is 0.157 e. The van der Waals surface area contributed by atoms with Crippen LogP contribution in [-0.2, 0) is 31.8 Å². The Morgan fingerprint density at radius 1 is 0.789 bits per heavy atom. The molecule has 0 unspecified atom stereocenters. The van der Waals surface area contributed by atoms with Crippen molar-refractivity contribution in [2.24, 2.45) is 0 Å². The number of aryl methyl sites for hydroxylation is 2. The lowest BCUT2D eigenvalue weighted by Crippen LogP contribution is -2.13.